The number of rotatable bonds is 5. The van der Waals surface area contributed by atoms with Gasteiger partial charge >= 0.3 is 0 Å². The monoisotopic (exact) mass is 291 g/mol. The number of piperazine rings is 1. The first-order valence-electron chi connectivity index (χ1n) is 8.14. The van der Waals surface area contributed by atoms with E-state index in [1.54, 1.807) is 12.1 Å². The third-order valence-electron chi connectivity index (χ3n) is 5.37. The van der Waals surface area contributed by atoms with Crippen molar-refractivity contribution in [2.45, 2.75) is 25.7 Å². The summed E-state index contributed by atoms with van der Waals surface area (Å²) in [5.74, 6) is -0.109. The van der Waals surface area contributed by atoms with Crippen molar-refractivity contribution in [2.75, 3.05) is 44.2 Å². The standard InChI is InChI=1S/C17H26FN3/c18-15-4-1-2-5-16(15)21-12-10-20(11-13-21)9-8-17(14-19)6-3-7-17/h1-2,4-5H,3,6-14,19H2. The van der Waals surface area contributed by atoms with Crippen LogP contribution in [0.1, 0.15) is 25.7 Å². The van der Waals surface area contributed by atoms with E-state index in [-0.39, 0.29) is 5.82 Å². The zero-order valence-corrected chi connectivity index (χ0v) is 12.7. The minimum atomic E-state index is -0.109. The van der Waals surface area contributed by atoms with E-state index in [1.165, 1.54) is 25.7 Å². The van der Waals surface area contributed by atoms with Gasteiger partial charge in [0.25, 0.3) is 0 Å². The molecule has 116 valence electrons. The molecule has 0 unspecified atom stereocenters. The lowest BCUT2D eigenvalue weighted by Gasteiger charge is -2.43. The summed E-state index contributed by atoms with van der Waals surface area (Å²) in [6.07, 6.45) is 5.18. The fourth-order valence-electron chi connectivity index (χ4n) is 3.55. The number of nitrogens with two attached hydrogens (primary N) is 1. The number of benzene rings is 1. The summed E-state index contributed by atoms with van der Waals surface area (Å²) in [5, 5.41) is 0. The molecule has 3 nitrogen and oxygen atoms in total. The van der Waals surface area contributed by atoms with Gasteiger partial charge in [0.1, 0.15) is 5.82 Å². The molecule has 0 aromatic heterocycles. The maximum Gasteiger partial charge on any atom is 0.146 e. The van der Waals surface area contributed by atoms with Crippen molar-refractivity contribution < 1.29 is 4.39 Å². The maximum atomic E-state index is 13.8. The fourth-order valence-corrected chi connectivity index (χ4v) is 3.55. The van der Waals surface area contributed by atoms with Crippen LogP contribution >= 0.6 is 0 Å². The molecule has 0 bridgehead atoms. The molecule has 3 rings (SSSR count). The Morgan fingerprint density at radius 3 is 2.38 bits per heavy atom. The second-order valence-corrected chi connectivity index (χ2v) is 6.59. The van der Waals surface area contributed by atoms with E-state index in [0.29, 0.717) is 5.41 Å². The highest BCUT2D eigenvalue weighted by atomic mass is 19.1. The summed E-state index contributed by atoms with van der Waals surface area (Å²) in [5.41, 5.74) is 7.11. The lowest BCUT2D eigenvalue weighted by Crippen LogP contribution is -2.48. The van der Waals surface area contributed by atoms with Crippen LogP contribution in [-0.4, -0.2) is 44.2 Å². The van der Waals surface area contributed by atoms with E-state index in [0.717, 1.165) is 45.0 Å². The summed E-state index contributed by atoms with van der Waals surface area (Å²) in [4.78, 5) is 4.67. The first-order valence-corrected chi connectivity index (χ1v) is 8.14. The van der Waals surface area contributed by atoms with Crippen LogP contribution in [0.2, 0.25) is 0 Å². The molecule has 1 aliphatic carbocycles. The minimum absolute atomic E-state index is 0.109. The van der Waals surface area contributed by atoms with Crippen LogP contribution in [0.4, 0.5) is 10.1 Å². The van der Waals surface area contributed by atoms with Crippen molar-refractivity contribution in [1.29, 1.82) is 0 Å². The minimum Gasteiger partial charge on any atom is -0.367 e. The first kappa shape index (κ1) is 14.8. The first-order chi connectivity index (χ1) is 10.2. The van der Waals surface area contributed by atoms with Gasteiger partial charge in [0.2, 0.25) is 0 Å². The average Bonchev–Trinajstić information content (AvgIpc) is 2.48. The number of hydrogen-bond donors (Lipinski definition) is 1. The summed E-state index contributed by atoms with van der Waals surface area (Å²) in [6, 6.07) is 7.08. The Balaban J connectivity index is 1.48. The molecule has 21 heavy (non-hydrogen) atoms. The van der Waals surface area contributed by atoms with Crippen LogP contribution in [0.3, 0.4) is 0 Å². The van der Waals surface area contributed by atoms with Crippen molar-refractivity contribution >= 4 is 5.69 Å². The van der Waals surface area contributed by atoms with E-state index >= 15 is 0 Å². The van der Waals surface area contributed by atoms with Gasteiger partial charge < -0.3 is 10.6 Å². The SMILES string of the molecule is NCC1(CCN2CCN(c3ccccc3F)CC2)CCC1. The molecule has 0 amide bonds. The van der Waals surface area contributed by atoms with Crippen molar-refractivity contribution in [1.82, 2.24) is 4.90 Å². The van der Waals surface area contributed by atoms with Gasteiger partial charge in [-0.25, -0.2) is 4.39 Å². The topological polar surface area (TPSA) is 32.5 Å². The Hall–Kier alpha value is -1.13. The predicted molar refractivity (Wildman–Crippen MR) is 85.0 cm³/mol. The van der Waals surface area contributed by atoms with Gasteiger partial charge in [0.15, 0.2) is 0 Å². The van der Waals surface area contributed by atoms with Gasteiger partial charge in [0, 0.05) is 26.2 Å². The van der Waals surface area contributed by atoms with Gasteiger partial charge in [-0.2, -0.15) is 0 Å². The normalized spacial score (nSPS) is 22.1. The van der Waals surface area contributed by atoms with Gasteiger partial charge in [-0.05, 0) is 49.9 Å². The molecule has 1 aromatic rings. The van der Waals surface area contributed by atoms with Crippen molar-refractivity contribution in [2.24, 2.45) is 11.1 Å². The number of anilines is 1. The summed E-state index contributed by atoms with van der Waals surface area (Å²) < 4.78 is 13.8. The summed E-state index contributed by atoms with van der Waals surface area (Å²) in [6.45, 7) is 5.85. The Kier molecular flexibility index (Phi) is 4.45. The third-order valence-corrected chi connectivity index (χ3v) is 5.37. The molecular formula is C17H26FN3. The highest BCUT2D eigenvalue weighted by Gasteiger charge is 2.35. The molecule has 0 spiro atoms. The zero-order valence-electron chi connectivity index (χ0n) is 12.7. The van der Waals surface area contributed by atoms with Crippen LogP contribution in [0, 0.1) is 11.2 Å². The van der Waals surface area contributed by atoms with E-state index in [4.69, 9.17) is 5.73 Å². The van der Waals surface area contributed by atoms with Gasteiger partial charge in [0.05, 0.1) is 5.69 Å². The molecule has 0 atom stereocenters. The van der Waals surface area contributed by atoms with Crippen molar-refractivity contribution in [3.8, 4) is 0 Å². The molecule has 2 N–H and O–H groups in total. The zero-order chi connectivity index (χ0) is 14.7. The molecule has 4 heteroatoms. The van der Waals surface area contributed by atoms with Gasteiger partial charge in [-0.3, -0.25) is 4.90 Å². The molecule has 2 fully saturated rings. The van der Waals surface area contributed by atoms with Crippen molar-refractivity contribution in [3.05, 3.63) is 30.1 Å². The predicted octanol–water partition coefficient (Wildman–Crippen LogP) is 2.47. The number of halogens is 1. The van der Waals surface area contributed by atoms with E-state index in [1.807, 2.05) is 12.1 Å². The highest BCUT2D eigenvalue weighted by molar-refractivity contribution is 5.47. The third kappa shape index (κ3) is 3.22. The van der Waals surface area contributed by atoms with E-state index in [9.17, 15) is 4.39 Å². The largest absolute Gasteiger partial charge is 0.367 e. The molecule has 1 aromatic carbocycles. The van der Waals surface area contributed by atoms with E-state index < -0.39 is 0 Å². The molecule has 1 saturated carbocycles. The van der Waals surface area contributed by atoms with Crippen LogP contribution in [-0.2, 0) is 0 Å². The molecule has 0 radical (unpaired) electrons. The lowest BCUT2D eigenvalue weighted by atomic mass is 9.66. The fraction of sp³-hybridized carbons (Fsp3) is 0.647. The Bertz CT molecular complexity index is 459. The second-order valence-electron chi connectivity index (χ2n) is 6.59. The summed E-state index contributed by atoms with van der Waals surface area (Å²) in [7, 11) is 0. The number of nitrogens with zero attached hydrogens (tertiary/aromatic N) is 2. The van der Waals surface area contributed by atoms with Crippen LogP contribution in [0.25, 0.3) is 0 Å². The Morgan fingerprint density at radius 1 is 1.10 bits per heavy atom. The van der Waals surface area contributed by atoms with E-state index in [2.05, 4.69) is 9.80 Å². The molecule has 2 aliphatic rings. The summed E-state index contributed by atoms with van der Waals surface area (Å²) >= 11 is 0. The number of hydrogen-bond acceptors (Lipinski definition) is 3. The van der Waals surface area contributed by atoms with Crippen LogP contribution in [0.15, 0.2) is 24.3 Å². The van der Waals surface area contributed by atoms with Gasteiger partial charge in [-0.15, -0.1) is 0 Å². The Morgan fingerprint density at radius 2 is 1.81 bits per heavy atom. The highest BCUT2D eigenvalue weighted by Crippen LogP contribution is 2.43. The Labute approximate surface area is 126 Å². The van der Waals surface area contributed by atoms with Crippen molar-refractivity contribution in [3.63, 3.8) is 0 Å². The van der Waals surface area contributed by atoms with Gasteiger partial charge in [-0.1, -0.05) is 18.6 Å². The lowest BCUT2D eigenvalue weighted by molar-refractivity contribution is 0.104. The van der Waals surface area contributed by atoms with Crippen LogP contribution in [0.5, 0.6) is 0 Å². The van der Waals surface area contributed by atoms with Crippen LogP contribution < -0.4 is 10.6 Å². The smallest absolute Gasteiger partial charge is 0.146 e. The number of para-hydroxylation sites is 1. The average molecular weight is 291 g/mol. The molecule has 1 heterocycles. The second kappa shape index (κ2) is 6.32. The quantitative estimate of drug-likeness (QED) is 0.904. The molecule has 1 saturated heterocycles. The molecule has 1 aliphatic heterocycles. The maximum absolute atomic E-state index is 13.8. The molecular weight excluding hydrogens is 265 g/mol.